The number of hydrogen-bond donors (Lipinski definition) is 1. The summed E-state index contributed by atoms with van der Waals surface area (Å²) in [5.41, 5.74) is 0. The van der Waals surface area contributed by atoms with Gasteiger partial charge in [-0.1, -0.05) is 0 Å². The Bertz CT molecular complexity index is 485. The Morgan fingerprint density at radius 1 is 1.50 bits per heavy atom. The molecule has 0 unspecified atom stereocenters. The molecule has 1 atom stereocenters. The fraction of sp³-hybridized carbons (Fsp3) is 0.571. The number of rotatable bonds is 5. The van der Waals surface area contributed by atoms with Crippen molar-refractivity contribution in [3.05, 3.63) is 23.7 Å². The summed E-state index contributed by atoms with van der Waals surface area (Å²) in [7, 11) is 0. The topological polar surface area (TPSA) is 70.8 Å². The number of amides is 1. The summed E-state index contributed by atoms with van der Waals surface area (Å²) in [6, 6.07) is 3.57. The monoisotopic (exact) mass is 297 g/mol. The largest absolute Gasteiger partial charge is 0.481 e. The molecule has 2 rings (SSSR count). The van der Waals surface area contributed by atoms with Gasteiger partial charge in [0, 0.05) is 30.9 Å². The maximum atomic E-state index is 12.3. The highest BCUT2D eigenvalue weighted by molar-refractivity contribution is 7.99. The summed E-state index contributed by atoms with van der Waals surface area (Å²) in [5.74, 6) is 2.39. The minimum Gasteiger partial charge on any atom is -0.481 e. The Hall–Kier alpha value is -1.43. The minimum absolute atomic E-state index is 0.0191. The third kappa shape index (κ3) is 4.03. The van der Waals surface area contributed by atoms with Crippen molar-refractivity contribution in [1.82, 2.24) is 4.90 Å². The average molecular weight is 297 g/mol. The van der Waals surface area contributed by atoms with Crippen molar-refractivity contribution in [2.75, 3.05) is 18.1 Å². The number of carbonyl (C=O) groups excluding carboxylic acids is 1. The standard InChI is InChI=1S/C14H19NO4S/c1-10-2-3-12(19-10)4-5-13(16)15-6-7-20-9-11(15)8-14(17)18/h2-3,11H,4-9H2,1H3,(H,17,18)/t11-/m1/s1. The van der Waals surface area contributed by atoms with Crippen LogP contribution in [0.4, 0.5) is 0 Å². The van der Waals surface area contributed by atoms with Crippen LogP contribution in [0, 0.1) is 6.92 Å². The van der Waals surface area contributed by atoms with Crippen LogP contribution in [-0.4, -0.2) is 46.0 Å². The third-order valence-electron chi connectivity index (χ3n) is 3.34. The average Bonchev–Trinajstić information content (AvgIpc) is 2.82. The Kier molecular flexibility index (Phi) is 5.11. The number of carboxylic acids is 1. The first-order valence-corrected chi connectivity index (χ1v) is 7.86. The van der Waals surface area contributed by atoms with Crippen LogP contribution >= 0.6 is 11.8 Å². The summed E-state index contributed by atoms with van der Waals surface area (Å²) < 4.78 is 5.44. The summed E-state index contributed by atoms with van der Waals surface area (Å²) >= 11 is 1.71. The molecule has 1 N–H and O–H groups in total. The molecule has 0 bridgehead atoms. The van der Waals surface area contributed by atoms with E-state index < -0.39 is 5.97 Å². The molecule has 0 aromatic carbocycles. The van der Waals surface area contributed by atoms with Gasteiger partial charge in [0.15, 0.2) is 0 Å². The van der Waals surface area contributed by atoms with E-state index in [-0.39, 0.29) is 18.4 Å². The zero-order valence-corrected chi connectivity index (χ0v) is 12.3. The molecule has 1 amide bonds. The van der Waals surface area contributed by atoms with E-state index in [1.165, 1.54) is 0 Å². The molecule has 0 radical (unpaired) electrons. The molecule has 1 aliphatic heterocycles. The van der Waals surface area contributed by atoms with Gasteiger partial charge in [-0.2, -0.15) is 11.8 Å². The first kappa shape index (κ1) is 15.0. The summed E-state index contributed by atoms with van der Waals surface area (Å²) in [6.07, 6.45) is 0.961. The van der Waals surface area contributed by atoms with Crippen molar-refractivity contribution >= 4 is 23.6 Å². The van der Waals surface area contributed by atoms with Crippen molar-refractivity contribution < 1.29 is 19.1 Å². The molecule has 110 valence electrons. The van der Waals surface area contributed by atoms with Gasteiger partial charge in [-0.25, -0.2) is 0 Å². The molecule has 0 spiro atoms. The molecule has 20 heavy (non-hydrogen) atoms. The lowest BCUT2D eigenvalue weighted by Crippen LogP contribution is -2.47. The van der Waals surface area contributed by atoms with E-state index >= 15 is 0 Å². The normalized spacial score (nSPS) is 19.1. The summed E-state index contributed by atoms with van der Waals surface area (Å²) in [5, 5.41) is 8.91. The van der Waals surface area contributed by atoms with E-state index in [1.54, 1.807) is 16.7 Å². The Morgan fingerprint density at radius 3 is 2.95 bits per heavy atom. The van der Waals surface area contributed by atoms with Crippen LogP contribution in [0.1, 0.15) is 24.4 Å². The highest BCUT2D eigenvalue weighted by Gasteiger charge is 2.28. The molecule has 0 aliphatic carbocycles. The second kappa shape index (κ2) is 6.83. The van der Waals surface area contributed by atoms with Crippen LogP contribution in [0.5, 0.6) is 0 Å². The van der Waals surface area contributed by atoms with Crippen LogP contribution in [0.2, 0.25) is 0 Å². The maximum Gasteiger partial charge on any atom is 0.305 e. The molecule has 5 nitrogen and oxygen atoms in total. The fourth-order valence-electron chi connectivity index (χ4n) is 2.35. The van der Waals surface area contributed by atoms with Gasteiger partial charge in [0.1, 0.15) is 11.5 Å². The van der Waals surface area contributed by atoms with E-state index in [0.29, 0.717) is 25.1 Å². The molecule has 1 fully saturated rings. The molecule has 1 aliphatic rings. The van der Waals surface area contributed by atoms with Crippen molar-refractivity contribution in [1.29, 1.82) is 0 Å². The molecule has 6 heteroatoms. The second-order valence-corrected chi connectivity index (χ2v) is 6.08. The number of aryl methyl sites for hydroxylation is 2. The summed E-state index contributed by atoms with van der Waals surface area (Å²) in [4.78, 5) is 24.8. The highest BCUT2D eigenvalue weighted by atomic mass is 32.2. The van der Waals surface area contributed by atoms with Crippen molar-refractivity contribution in [3.63, 3.8) is 0 Å². The number of hydrogen-bond acceptors (Lipinski definition) is 4. The quantitative estimate of drug-likeness (QED) is 0.899. The summed E-state index contributed by atoms with van der Waals surface area (Å²) in [6.45, 7) is 2.51. The molecule has 2 heterocycles. The molecule has 1 aromatic heterocycles. The fourth-order valence-corrected chi connectivity index (χ4v) is 3.41. The predicted molar refractivity (Wildman–Crippen MR) is 76.8 cm³/mol. The lowest BCUT2D eigenvalue weighted by atomic mass is 10.1. The molecule has 0 saturated carbocycles. The lowest BCUT2D eigenvalue weighted by molar-refractivity contribution is -0.140. The van der Waals surface area contributed by atoms with Gasteiger partial charge >= 0.3 is 5.97 Å². The van der Waals surface area contributed by atoms with Gasteiger partial charge in [-0.15, -0.1) is 0 Å². The number of aliphatic carboxylic acids is 1. The number of carboxylic acid groups (broad SMARTS) is 1. The Labute approximate surface area is 122 Å². The van der Waals surface area contributed by atoms with Crippen LogP contribution in [0.15, 0.2) is 16.5 Å². The zero-order chi connectivity index (χ0) is 14.5. The van der Waals surface area contributed by atoms with Crippen molar-refractivity contribution in [2.24, 2.45) is 0 Å². The molecule has 1 aromatic rings. The lowest BCUT2D eigenvalue weighted by Gasteiger charge is -2.34. The number of furan rings is 1. The van der Waals surface area contributed by atoms with E-state index in [2.05, 4.69) is 0 Å². The first-order chi connectivity index (χ1) is 9.56. The molecule has 1 saturated heterocycles. The van der Waals surface area contributed by atoms with E-state index in [4.69, 9.17) is 9.52 Å². The van der Waals surface area contributed by atoms with Crippen molar-refractivity contribution in [3.8, 4) is 0 Å². The smallest absolute Gasteiger partial charge is 0.305 e. The second-order valence-electron chi connectivity index (χ2n) is 4.93. The van der Waals surface area contributed by atoms with Crippen molar-refractivity contribution in [2.45, 2.75) is 32.2 Å². The van der Waals surface area contributed by atoms with Gasteiger partial charge in [-0.05, 0) is 19.1 Å². The minimum atomic E-state index is -0.850. The van der Waals surface area contributed by atoms with E-state index in [9.17, 15) is 9.59 Å². The van der Waals surface area contributed by atoms with Gasteiger partial charge < -0.3 is 14.4 Å². The number of thioether (sulfide) groups is 1. The van der Waals surface area contributed by atoms with Crippen LogP contribution in [-0.2, 0) is 16.0 Å². The van der Waals surface area contributed by atoms with E-state index in [0.717, 1.165) is 17.3 Å². The predicted octanol–water partition coefficient (Wildman–Crippen LogP) is 1.94. The number of nitrogens with zero attached hydrogens (tertiary/aromatic N) is 1. The zero-order valence-electron chi connectivity index (χ0n) is 11.5. The first-order valence-electron chi connectivity index (χ1n) is 6.70. The maximum absolute atomic E-state index is 12.3. The molecular formula is C14H19NO4S. The Morgan fingerprint density at radius 2 is 2.30 bits per heavy atom. The van der Waals surface area contributed by atoms with Crippen LogP contribution < -0.4 is 0 Å². The van der Waals surface area contributed by atoms with Crippen LogP contribution in [0.3, 0.4) is 0 Å². The third-order valence-corrected chi connectivity index (χ3v) is 4.43. The number of carbonyl (C=O) groups is 2. The van der Waals surface area contributed by atoms with Crippen LogP contribution in [0.25, 0.3) is 0 Å². The van der Waals surface area contributed by atoms with Gasteiger partial charge in [-0.3, -0.25) is 9.59 Å². The Balaban J connectivity index is 1.90. The van der Waals surface area contributed by atoms with Gasteiger partial charge in [0.25, 0.3) is 0 Å². The molecular weight excluding hydrogens is 278 g/mol. The highest BCUT2D eigenvalue weighted by Crippen LogP contribution is 2.20. The van der Waals surface area contributed by atoms with E-state index in [1.807, 2.05) is 19.1 Å². The van der Waals surface area contributed by atoms with Gasteiger partial charge in [0.2, 0.25) is 5.91 Å². The SMILES string of the molecule is Cc1ccc(CCC(=O)N2CCSC[C@H]2CC(=O)O)o1. The van der Waals surface area contributed by atoms with Gasteiger partial charge in [0.05, 0.1) is 12.5 Å².